The topological polar surface area (TPSA) is 37.3 Å². The Hall–Kier alpha value is -1.85. The molecule has 2 aromatic carbocycles. The smallest absolute Gasteiger partial charge is 0.205 e. The van der Waals surface area contributed by atoms with E-state index in [1.54, 1.807) is 0 Å². The molecule has 0 fully saturated rings. The Kier molecular flexibility index (Phi) is 12.3. The second kappa shape index (κ2) is 14.2. The Morgan fingerprint density at radius 1 is 0.964 bits per heavy atom. The average molecular weight is 504 g/mol. The SMILES string of the molecule is CCCC(=O)C#Cc1cccc(Br)c1.CCCC(O)C#Cc1cccc(Br)c1. The van der Waals surface area contributed by atoms with Crippen molar-refractivity contribution in [1.82, 2.24) is 0 Å². The van der Waals surface area contributed by atoms with Crippen LogP contribution in [-0.4, -0.2) is 17.0 Å². The Morgan fingerprint density at radius 2 is 1.54 bits per heavy atom. The average Bonchev–Trinajstić information content (AvgIpc) is 2.66. The first-order valence-corrected chi connectivity index (χ1v) is 10.8. The quantitative estimate of drug-likeness (QED) is 0.509. The number of carbonyl (C=O) groups excluding carboxylic acids is 1. The third-order valence-electron chi connectivity index (χ3n) is 3.42. The molecular formula is C24H24Br2O2. The molecule has 2 nitrogen and oxygen atoms in total. The van der Waals surface area contributed by atoms with Crippen molar-refractivity contribution < 1.29 is 9.90 Å². The molecule has 2 rings (SSSR count). The van der Waals surface area contributed by atoms with Crippen LogP contribution in [0.15, 0.2) is 57.5 Å². The van der Waals surface area contributed by atoms with Crippen LogP contribution in [0.25, 0.3) is 0 Å². The largest absolute Gasteiger partial charge is 0.380 e. The van der Waals surface area contributed by atoms with Crippen molar-refractivity contribution in [3.63, 3.8) is 0 Å². The minimum atomic E-state index is -0.501. The highest BCUT2D eigenvalue weighted by molar-refractivity contribution is 9.10. The van der Waals surface area contributed by atoms with E-state index in [-0.39, 0.29) is 5.78 Å². The van der Waals surface area contributed by atoms with Crippen molar-refractivity contribution in [2.24, 2.45) is 0 Å². The van der Waals surface area contributed by atoms with E-state index in [9.17, 15) is 9.90 Å². The Bertz CT molecular complexity index is 882. The summed E-state index contributed by atoms with van der Waals surface area (Å²) in [5.74, 6) is 11.2. The number of carbonyl (C=O) groups is 1. The number of rotatable bonds is 4. The number of Topliss-reactive ketones (excluding diaryl/α,β-unsaturated/α-hetero) is 1. The van der Waals surface area contributed by atoms with Crippen LogP contribution >= 0.6 is 31.9 Å². The maximum absolute atomic E-state index is 11.1. The zero-order valence-corrected chi connectivity index (χ0v) is 19.3. The van der Waals surface area contributed by atoms with Crippen LogP contribution in [0.3, 0.4) is 0 Å². The third-order valence-corrected chi connectivity index (χ3v) is 4.40. The van der Waals surface area contributed by atoms with Crippen LogP contribution in [0.5, 0.6) is 0 Å². The van der Waals surface area contributed by atoms with Crippen LogP contribution in [-0.2, 0) is 4.79 Å². The van der Waals surface area contributed by atoms with Gasteiger partial charge in [0.25, 0.3) is 0 Å². The van der Waals surface area contributed by atoms with Gasteiger partial charge in [-0.15, -0.1) is 0 Å². The molecule has 0 amide bonds. The van der Waals surface area contributed by atoms with Gasteiger partial charge in [-0.25, -0.2) is 0 Å². The lowest BCUT2D eigenvalue weighted by Crippen LogP contribution is -2.00. The van der Waals surface area contributed by atoms with Gasteiger partial charge in [0.1, 0.15) is 6.10 Å². The van der Waals surface area contributed by atoms with E-state index in [4.69, 9.17) is 0 Å². The normalized spacial score (nSPS) is 10.3. The molecule has 0 aliphatic carbocycles. The molecule has 0 aromatic heterocycles. The molecule has 0 saturated carbocycles. The van der Waals surface area contributed by atoms with Crippen molar-refractivity contribution >= 4 is 37.6 Å². The van der Waals surface area contributed by atoms with E-state index in [0.29, 0.717) is 6.42 Å². The first-order chi connectivity index (χ1) is 13.4. The fourth-order valence-electron chi connectivity index (χ4n) is 2.08. The summed E-state index contributed by atoms with van der Waals surface area (Å²) >= 11 is 6.72. The Morgan fingerprint density at radius 3 is 2.04 bits per heavy atom. The van der Waals surface area contributed by atoms with Gasteiger partial charge < -0.3 is 5.11 Å². The molecule has 0 saturated heterocycles. The van der Waals surface area contributed by atoms with E-state index >= 15 is 0 Å². The first-order valence-electron chi connectivity index (χ1n) is 9.20. The summed E-state index contributed by atoms with van der Waals surface area (Å²) in [5, 5.41) is 9.39. The molecule has 146 valence electrons. The Balaban J connectivity index is 0.000000280. The highest BCUT2D eigenvalue weighted by Crippen LogP contribution is 2.11. The van der Waals surface area contributed by atoms with Crippen LogP contribution < -0.4 is 0 Å². The molecule has 28 heavy (non-hydrogen) atoms. The van der Waals surface area contributed by atoms with Crippen molar-refractivity contribution in [3.8, 4) is 23.7 Å². The summed E-state index contributed by atoms with van der Waals surface area (Å²) in [6, 6.07) is 15.4. The standard InChI is InChI=1S/C12H13BrO.C12H11BrO/c2*1-2-4-12(14)8-7-10-5-3-6-11(13)9-10/h3,5-6,9,12,14H,2,4H2,1H3;3,5-6,9H,2,4H2,1H3. The highest BCUT2D eigenvalue weighted by Gasteiger charge is 1.95. The Labute approximate surface area is 185 Å². The predicted octanol–water partition coefficient (Wildman–Crippen LogP) is 6.13. The van der Waals surface area contributed by atoms with Crippen LogP contribution in [0.1, 0.15) is 50.7 Å². The third kappa shape index (κ3) is 11.1. The summed E-state index contributed by atoms with van der Waals surface area (Å²) < 4.78 is 1.99. The van der Waals surface area contributed by atoms with E-state index < -0.39 is 6.10 Å². The number of aliphatic hydroxyl groups is 1. The second-order valence-electron chi connectivity index (χ2n) is 6.02. The van der Waals surface area contributed by atoms with E-state index in [2.05, 4.69) is 55.5 Å². The van der Waals surface area contributed by atoms with Crippen molar-refractivity contribution in [3.05, 3.63) is 68.6 Å². The minimum Gasteiger partial charge on any atom is -0.380 e. The molecule has 2 aromatic rings. The van der Waals surface area contributed by atoms with Crippen molar-refractivity contribution in [2.75, 3.05) is 0 Å². The summed E-state index contributed by atoms with van der Waals surface area (Å²) in [5.41, 5.74) is 1.79. The maximum atomic E-state index is 11.1. The molecule has 0 spiro atoms. The van der Waals surface area contributed by atoms with Gasteiger partial charge in [0.2, 0.25) is 5.78 Å². The number of ketones is 1. The minimum absolute atomic E-state index is 0.00692. The lowest BCUT2D eigenvalue weighted by Gasteiger charge is -1.97. The molecule has 0 heterocycles. The number of benzene rings is 2. The number of hydrogen-bond donors (Lipinski definition) is 1. The summed E-state index contributed by atoms with van der Waals surface area (Å²) in [6.45, 7) is 4.00. The summed E-state index contributed by atoms with van der Waals surface area (Å²) in [7, 11) is 0. The van der Waals surface area contributed by atoms with Crippen molar-refractivity contribution in [2.45, 2.75) is 45.6 Å². The first kappa shape index (κ1) is 24.2. The van der Waals surface area contributed by atoms with Crippen LogP contribution in [0.4, 0.5) is 0 Å². The monoisotopic (exact) mass is 502 g/mol. The van der Waals surface area contributed by atoms with Gasteiger partial charge in [-0.05, 0) is 55.2 Å². The van der Waals surface area contributed by atoms with Gasteiger partial charge >= 0.3 is 0 Å². The van der Waals surface area contributed by atoms with Gasteiger partial charge in [0.15, 0.2) is 0 Å². The predicted molar refractivity (Wildman–Crippen MR) is 123 cm³/mol. The molecule has 1 atom stereocenters. The van der Waals surface area contributed by atoms with E-state index in [1.165, 1.54) is 0 Å². The molecule has 0 aliphatic rings. The van der Waals surface area contributed by atoms with Gasteiger partial charge in [0, 0.05) is 26.5 Å². The number of hydrogen-bond acceptors (Lipinski definition) is 2. The number of halogens is 2. The molecule has 1 N–H and O–H groups in total. The molecule has 1 unspecified atom stereocenters. The molecule has 0 radical (unpaired) electrons. The van der Waals surface area contributed by atoms with Gasteiger partial charge in [-0.3, -0.25) is 4.79 Å². The second-order valence-corrected chi connectivity index (χ2v) is 7.85. The lowest BCUT2D eigenvalue weighted by atomic mass is 10.2. The fourth-order valence-corrected chi connectivity index (χ4v) is 2.87. The summed E-state index contributed by atoms with van der Waals surface area (Å²) in [6.07, 6.45) is 2.58. The number of aliphatic hydroxyl groups excluding tert-OH is 1. The van der Waals surface area contributed by atoms with Gasteiger partial charge in [-0.1, -0.05) is 82.0 Å². The summed E-state index contributed by atoms with van der Waals surface area (Å²) in [4.78, 5) is 11.1. The molecule has 0 bridgehead atoms. The fraction of sp³-hybridized carbons (Fsp3) is 0.292. The van der Waals surface area contributed by atoms with Crippen LogP contribution in [0.2, 0.25) is 0 Å². The zero-order valence-electron chi connectivity index (χ0n) is 16.1. The molecule has 0 aliphatic heterocycles. The maximum Gasteiger partial charge on any atom is 0.205 e. The molecule has 4 heteroatoms. The molecular weight excluding hydrogens is 480 g/mol. The van der Waals surface area contributed by atoms with Crippen molar-refractivity contribution in [1.29, 1.82) is 0 Å². The van der Waals surface area contributed by atoms with Gasteiger partial charge in [-0.2, -0.15) is 0 Å². The van der Waals surface area contributed by atoms with E-state index in [0.717, 1.165) is 39.3 Å². The lowest BCUT2D eigenvalue weighted by molar-refractivity contribution is -0.113. The van der Waals surface area contributed by atoms with Crippen LogP contribution in [0, 0.1) is 23.7 Å². The zero-order chi connectivity index (χ0) is 20.8. The highest BCUT2D eigenvalue weighted by atomic mass is 79.9. The van der Waals surface area contributed by atoms with Gasteiger partial charge in [0.05, 0.1) is 0 Å². The van der Waals surface area contributed by atoms with E-state index in [1.807, 2.05) is 62.4 Å².